The number of rotatable bonds is 2. The number of thiophene rings is 1. The summed E-state index contributed by atoms with van der Waals surface area (Å²) in [5, 5.41) is 9.41. The van der Waals surface area contributed by atoms with Crippen molar-refractivity contribution >= 4 is 17.3 Å². The molecule has 5 nitrogen and oxygen atoms in total. The molecule has 0 aromatic carbocycles. The summed E-state index contributed by atoms with van der Waals surface area (Å²) >= 11 is 1.61. The van der Waals surface area contributed by atoms with Crippen molar-refractivity contribution in [1.82, 2.24) is 0 Å². The number of nitrogens with two attached hydrogens (primary N) is 1. The van der Waals surface area contributed by atoms with E-state index in [9.17, 15) is 10.1 Å². The second-order valence-corrected chi connectivity index (χ2v) is 6.22. The first-order valence-electron chi connectivity index (χ1n) is 6.34. The van der Waals surface area contributed by atoms with Crippen molar-refractivity contribution in [2.75, 3.05) is 7.11 Å². The van der Waals surface area contributed by atoms with E-state index in [1.807, 2.05) is 19.9 Å². The van der Waals surface area contributed by atoms with Gasteiger partial charge in [-0.25, -0.2) is 4.79 Å². The van der Waals surface area contributed by atoms with Gasteiger partial charge in [-0.05, 0) is 32.4 Å². The van der Waals surface area contributed by atoms with E-state index in [1.54, 1.807) is 18.3 Å². The van der Waals surface area contributed by atoms with E-state index in [4.69, 9.17) is 15.2 Å². The molecule has 6 heteroatoms. The Hall–Kier alpha value is -2.26. The van der Waals surface area contributed by atoms with Crippen LogP contribution in [-0.4, -0.2) is 13.1 Å². The van der Waals surface area contributed by atoms with Gasteiger partial charge in [0.1, 0.15) is 17.4 Å². The maximum Gasteiger partial charge on any atom is 0.338 e. The molecule has 2 heterocycles. The Morgan fingerprint density at radius 3 is 2.62 bits per heavy atom. The zero-order valence-electron chi connectivity index (χ0n) is 12.3. The first-order chi connectivity index (χ1) is 9.90. The van der Waals surface area contributed by atoms with Crippen LogP contribution in [0.25, 0.3) is 0 Å². The molecule has 0 amide bonds. The van der Waals surface area contributed by atoms with Gasteiger partial charge in [0.05, 0.1) is 18.6 Å². The van der Waals surface area contributed by atoms with Gasteiger partial charge in [-0.2, -0.15) is 5.26 Å². The number of esters is 1. The molecular weight excluding hydrogens is 288 g/mol. The van der Waals surface area contributed by atoms with Crippen molar-refractivity contribution in [3.8, 4) is 6.07 Å². The summed E-state index contributed by atoms with van der Waals surface area (Å²) in [4.78, 5) is 14.3. The molecule has 2 N–H and O–H groups in total. The molecular formula is C15H16N2O3S. The number of nitriles is 1. The van der Waals surface area contributed by atoms with Crippen molar-refractivity contribution in [3.05, 3.63) is 44.2 Å². The molecule has 0 spiro atoms. The number of carbonyl (C=O) groups is 1. The molecule has 110 valence electrons. The van der Waals surface area contributed by atoms with Crippen molar-refractivity contribution < 1.29 is 14.3 Å². The average molecular weight is 304 g/mol. The fourth-order valence-corrected chi connectivity index (χ4v) is 3.47. The Morgan fingerprint density at radius 2 is 2.14 bits per heavy atom. The third-order valence-corrected chi connectivity index (χ3v) is 4.38. The first kappa shape index (κ1) is 15.1. The van der Waals surface area contributed by atoms with E-state index >= 15 is 0 Å². The first-order valence-corrected chi connectivity index (χ1v) is 7.16. The van der Waals surface area contributed by atoms with Crippen LogP contribution in [0.4, 0.5) is 0 Å². The van der Waals surface area contributed by atoms with Gasteiger partial charge in [-0.3, -0.25) is 0 Å². The summed E-state index contributed by atoms with van der Waals surface area (Å²) < 4.78 is 10.2. The fraction of sp³-hybridized carbons (Fsp3) is 0.333. The standard InChI is InChI=1S/C15H16N2O3S/c1-7-5-10(9(3)21-7)13-11(6-16)14(17)20-8(2)12(13)15(18)19-4/h5,13H,17H2,1-4H3/t13-/m1/s1. The minimum Gasteiger partial charge on any atom is -0.466 e. The Kier molecular flexibility index (Phi) is 4.05. The molecule has 0 saturated heterocycles. The molecule has 1 atom stereocenters. The largest absolute Gasteiger partial charge is 0.466 e. The minimum atomic E-state index is -0.541. The van der Waals surface area contributed by atoms with Crippen molar-refractivity contribution in [3.63, 3.8) is 0 Å². The van der Waals surface area contributed by atoms with E-state index in [1.165, 1.54) is 7.11 Å². The van der Waals surface area contributed by atoms with Gasteiger partial charge in [0.2, 0.25) is 5.88 Å². The predicted molar refractivity (Wildman–Crippen MR) is 79.2 cm³/mol. The zero-order chi connectivity index (χ0) is 15.7. The van der Waals surface area contributed by atoms with Gasteiger partial charge in [-0.15, -0.1) is 11.3 Å². The van der Waals surface area contributed by atoms with Crippen molar-refractivity contribution in [2.24, 2.45) is 5.73 Å². The molecule has 1 aromatic rings. The Labute approximate surface area is 127 Å². The van der Waals surface area contributed by atoms with Crippen LogP contribution in [-0.2, 0) is 14.3 Å². The third kappa shape index (κ3) is 2.52. The van der Waals surface area contributed by atoms with Gasteiger partial charge in [0, 0.05) is 9.75 Å². The summed E-state index contributed by atoms with van der Waals surface area (Å²) in [6, 6.07) is 4.03. The predicted octanol–water partition coefficient (Wildman–Crippen LogP) is 2.62. The second-order valence-electron chi connectivity index (χ2n) is 4.75. The van der Waals surface area contributed by atoms with E-state index in [0.717, 1.165) is 15.3 Å². The van der Waals surface area contributed by atoms with Crippen LogP contribution in [0.2, 0.25) is 0 Å². The maximum absolute atomic E-state index is 12.1. The van der Waals surface area contributed by atoms with Gasteiger partial charge in [0.15, 0.2) is 0 Å². The van der Waals surface area contributed by atoms with Crippen LogP contribution in [0.1, 0.15) is 28.2 Å². The van der Waals surface area contributed by atoms with E-state index in [0.29, 0.717) is 11.3 Å². The summed E-state index contributed by atoms with van der Waals surface area (Å²) in [5.41, 5.74) is 7.27. The molecule has 0 radical (unpaired) electrons. The third-order valence-electron chi connectivity index (χ3n) is 3.40. The van der Waals surface area contributed by atoms with Crippen LogP contribution in [0.5, 0.6) is 0 Å². The molecule has 0 unspecified atom stereocenters. The fourth-order valence-electron chi connectivity index (χ4n) is 2.50. The molecule has 0 saturated carbocycles. The lowest BCUT2D eigenvalue weighted by Gasteiger charge is -2.26. The highest BCUT2D eigenvalue weighted by Crippen LogP contribution is 2.42. The number of nitrogens with zero attached hydrogens (tertiary/aromatic N) is 1. The molecule has 0 fully saturated rings. The highest BCUT2D eigenvalue weighted by Gasteiger charge is 2.37. The van der Waals surface area contributed by atoms with E-state index in [-0.39, 0.29) is 11.5 Å². The van der Waals surface area contributed by atoms with Gasteiger partial charge in [-0.1, -0.05) is 0 Å². The lowest BCUT2D eigenvalue weighted by molar-refractivity contribution is -0.136. The smallest absolute Gasteiger partial charge is 0.338 e. The summed E-state index contributed by atoms with van der Waals surface area (Å²) in [6.07, 6.45) is 0. The Balaban J connectivity index is 2.69. The number of methoxy groups -OCH3 is 1. The molecule has 1 aromatic heterocycles. The molecule has 1 aliphatic heterocycles. The van der Waals surface area contributed by atoms with Gasteiger partial charge >= 0.3 is 5.97 Å². The average Bonchev–Trinajstić information content (AvgIpc) is 2.76. The van der Waals surface area contributed by atoms with E-state index < -0.39 is 11.9 Å². The van der Waals surface area contributed by atoms with Crippen LogP contribution in [0, 0.1) is 25.2 Å². The number of aryl methyl sites for hydroxylation is 2. The topological polar surface area (TPSA) is 85.3 Å². The van der Waals surface area contributed by atoms with Crippen molar-refractivity contribution in [2.45, 2.75) is 26.7 Å². The molecule has 21 heavy (non-hydrogen) atoms. The van der Waals surface area contributed by atoms with Gasteiger partial charge in [0.25, 0.3) is 0 Å². The number of carbonyl (C=O) groups excluding carboxylic acids is 1. The molecule has 1 aliphatic rings. The normalized spacial score (nSPS) is 18.3. The highest BCUT2D eigenvalue weighted by molar-refractivity contribution is 7.12. The monoisotopic (exact) mass is 304 g/mol. The summed E-state index contributed by atoms with van der Waals surface area (Å²) in [5.74, 6) is -0.648. The minimum absolute atomic E-state index is 0.0379. The quantitative estimate of drug-likeness (QED) is 0.849. The number of ether oxygens (including phenoxy) is 2. The maximum atomic E-state index is 12.1. The zero-order valence-corrected chi connectivity index (χ0v) is 13.1. The van der Waals surface area contributed by atoms with Gasteiger partial charge < -0.3 is 15.2 Å². The van der Waals surface area contributed by atoms with Crippen LogP contribution < -0.4 is 5.73 Å². The van der Waals surface area contributed by atoms with Crippen molar-refractivity contribution in [1.29, 1.82) is 5.26 Å². The molecule has 0 aliphatic carbocycles. The van der Waals surface area contributed by atoms with Crippen LogP contribution >= 0.6 is 11.3 Å². The lowest BCUT2D eigenvalue weighted by atomic mass is 9.83. The number of hydrogen-bond donors (Lipinski definition) is 1. The Morgan fingerprint density at radius 1 is 1.48 bits per heavy atom. The van der Waals surface area contributed by atoms with Crippen LogP contribution in [0.3, 0.4) is 0 Å². The summed E-state index contributed by atoms with van der Waals surface area (Å²) in [7, 11) is 1.30. The number of hydrogen-bond acceptors (Lipinski definition) is 6. The molecule has 2 rings (SSSR count). The lowest BCUT2D eigenvalue weighted by Crippen LogP contribution is -2.25. The second kappa shape index (κ2) is 5.62. The Bertz CT molecular complexity index is 707. The van der Waals surface area contributed by atoms with Crippen LogP contribution in [0.15, 0.2) is 28.9 Å². The SMILES string of the molecule is COC(=O)C1=C(C)OC(N)=C(C#N)[C@H]1c1cc(C)sc1C. The highest BCUT2D eigenvalue weighted by atomic mass is 32.1. The number of allylic oxidation sites excluding steroid dienone is 2. The molecule has 0 bridgehead atoms. The van der Waals surface area contributed by atoms with E-state index in [2.05, 4.69) is 6.07 Å². The summed E-state index contributed by atoms with van der Waals surface area (Å²) in [6.45, 7) is 5.58.